The Bertz CT molecular complexity index is 553. The van der Waals surface area contributed by atoms with Crippen LogP contribution in [0.25, 0.3) is 0 Å². The molecule has 1 aliphatic rings. The van der Waals surface area contributed by atoms with E-state index < -0.39 is 0 Å². The van der Waals surface area contributed by atoms with E-state index in [0.717, 1.165) is 36.3 Å². The first-order valence-electron chi connectivity index (χ1n) is 8.00. The molecule has 0 radical (unpaired) electrons. The lowest BCUT2D eigenvalue weighted by molar-refractivity contribution is -0.122. The molecule has 0 aromatic heterocycles. The first-order valence-corrected chi connectivity index (χ1v) is 8.88. The fraction of sp³-hybridized carbons (Fsp3) is 0.529. The van der Waals surface area contributed by atoms with Crippen LogP contribution < -0.4 is 16.4 Å². The normalized spacial score (nSPS) is 17.5. The highest BCUT2D eigenvalue weighted by Gasteiger charge is 2.34. The van der Waals surface area contributed by atoms with Gasteiger partial charge in [-0.3, -0.25) is 9.59 Å². The van der Waals surface area contributed by atoms with Gasteiger partial charge in [0.05, 0.1) is 10.8 Å². The van der Waals surface area contributed by atoms with Gasteiger partial charge in [0.15, 0.2) is 0 Å². The molecule has 1 saturated carbocycles. The summed E-state index contributed by atoms with van der Waals surface area (Å²) in [4.78, 5) is 24.4. The van der Waals surface area contributed by atoms with Gasteiger partial charge in [-0.05, 0) is 44.0 Å². The highest BCUT2D eigenvalue weighted by molar-refractivity contribution is 8.00. The molecule has 1 fully saturated rings. The third-order valence-electron chi connectivity index (χ3n) is 4.20. The van der Waals surface area contributed by atoms with Crippen LogP contribution in [0.4, 0.5) is 5.69 Å². The summed E-state index contributed by atoms with van der Waals surface area (Å²) in [7, 11) is 0. The lowest BCUT2D eigenvalue weighted by Crippen LogP contribution is -2.53. The number of benzene rings is 1. The molecule has 23 heavy (non-hydrogen) atoms. The van der Waals surface area contributed by atoms with Crippen molar-refractivity contribution >= 4 is 29.3 Å². The van der Waals surface area contributed by atoms with E-state index in [2.05, 4.69) is 10.6 Å². The van der Waals surface area contributed by atoms with Gasteiger partial charge in [-0.15, -0.1) is 11.8 Å². The average Bonchev–Trinajstić information content (AvgIpc) is 2.97. The van der Waals surface area contributed by atoms with Gasteiger partial charge in [0, 0.05) is 24.1 Å². The highest BCUT2D eigenvalue weighted by atomic mass is 32.2. The Balaban J connectivity index is 1.91. The van der Waals surface area contributed by atoms with Crippen molar-refractivity contribution in [1.82, 2.24) is 5.32 Å². The number of nitrogens with two attached hydrogens (primary N) is 1. The maximum atomic E-state index is 12.4. The molecule has 1 aromatic carbocycles. The van der Waals surface area contributed by atoms with Gasteiger partial charge in [-0.2, -0.15) is 0 Å². The average molecular weight is 335 g/mol. The summed E-state index contributed by atoms with van der Waals surface area (Å²) in [6.45, 7) is 3.88. The number of hydrogen-bond donors (Lipinski definition) is 3. The van der Waals surface area contributed by atoms with E-state index in [-0.39, 0.29) is 22.6 Å². The third kappa shape index (κ3) is 4.97. The van der Waals surface area contributed by atoms with E-state index in [1.54, 1.807) is 0 Å². The molecule has 1 aliphatic carbocycles. The van der Waals surface area contributed by atoms with Crippen LogP contribution >= 0.6 is 11.8 Å². The quantitative estimate of drug-likeness (QED) is 0.698. The minimum absolute atomic E-state index is 0.0355. The molecule has 0 heterocycles. The zero-order chi connectivity index (χ0) is 16.9. The summed E-state index contributed by atoms with van der Waals surface area (Å²) in [5, 5.41) is 5.70. The monoisotopic (exact) mass is 335 g/mol. The van der Waals surface area contributed by atoms with Crippen LogP contribution in [0.2, 0.25) is 0 Å². The number of nitrogens with one attached hydrogen (secondary N) is 2. The lowest BCUT2D eigenvalue weighted by atomic mass is 9.98. The number of rotatable bonds is 6. The molecule has 1 atom stereocenters. The van der Waals surface area contributed by atoms with Crippen LogP contribution in [-0.2, 0) is 9.59 Å². The maximum Gasteiger partial charge on any atom is 0.233 e. The first kappa shape index (κ1) is 17.8. The van der Waals surface area contributed by atoms with Crippen molar-refractivity contribution in [3.05, 3.63) is 24.3 Å². The number of thioether (sulfide) groups is 1. The lowest BCUT2D eigenvalue weighted by Gasteiger charge is -2.30. The standard InChI is InChI=1S/C17H25N3O2S/c1-12(16(22)20-17(11-18)9-3-4-10-17)23-15-7-5-14(6-8-15)19-13(2)21/h5-8,12H,3-4,9-11,18H2,1-2H3,(H,19,21)(H,20,22). The molecule has 4 N–H and O–H groups in total. The van der Waals surface area contributed by atoms with Crippen molar-refractivity contribution in [3.8, 4) is 0 Å². The summed E-state index contributed by atoms with van der Waals surface area (Å²) < 4.78 is 0. The molecule has 126 valence electrons. The van der Waals surface area contributed by atoms with Crippen molar-refractivity contribution in [1.29, 1.82) is 0 Å². The Hall–Kier alpha value is -1.53. The van der Waals surface area contributed by atoms with E-state index >= 15 is 0 Å². The van der Waals surface area contributed by atoms with Crippen LogP contribution in [0.15, 0.2) is 29.2 Å². The second-order valence-corrected chi connectivity index (χ2v) is 7.56. The highest BCUT2D eigenvalue weighted by Crippen LogP contribution is 2.30. The van der Waals surface area contributed by atoms with Gasteiger partial charge in [-0.1, -0.05) is 12.8 Å². The number of carbonyl (C=O) groups is 2. The van der Waals surface area contributed by atoms with Crippen LogP contribution in [0, 0.1) is 0 Å². The second-order valence-electron chi connectivity index (χ2n) is 6.15. The van der Waals surface area contributed by atoms with E-state index in [4.69, 9.17) is 5.73 Å². The Kier molecular flexibility index (Phi) is 6.07. The molecule has 0 aliphatic heterocycles. The predicted molar refractivity (Wildman–Crippen MR) is 94.5 cm³/mol. The molecule has 1 aromatic rings. The Labute approximate surface area is 141 Å². The zero-order valence-corrected chi connectivity index (χ0v) is 14.5. The van der Waals surface area contributed by atoms with E-state index in [1.165, 1.54) is 18.7 Å². The van der Waals surface area contributed by atoms with Gasteiger partial charge < -0.3 is 16.4 Å². The van der Waals surface area contributed by atoms with Crippen molar-refractivity contribution in [2.45, 2.75) is 55.2 Å². The summed E-state index contributed by atoms with van der Waals surface area (Å²) in [5.74, 6) is -0.0601. The molecular formula is C17H25N3O2S. The molecule has 5 nitrogen and oxygen atoms in total. The molecule has 2 rings (SSSR count). The Morgan fingerprint density at radius 1 is 1.26 bits per heavy atom. The van der Waals surface area contributed by atoms with Crippen LogP contribution in [-0.4, -0.2) is 29.1 Å². The number of carbonyl (C=O) groups excluding carboxylic acids is 2. The minimum Gasteiger partial charge on any atom is -0.348 e. The first-order chi connectivity index (χ1) is 10.9. The van der Waals surface area contributed by atoms with Crippen LogP contribution in [0.1, 0.15) is 39.5 Å². The molecule has 6 heteroatoms. The maximum absolute atomic E-state index is 12.4. The molecular weight excluding hydrogens is 310 g/mol. The van der Waals surface area contributed by atoms with Gasteiger partial charge in [0.25, 0.3) is 0 Å². The van der Waals surface area contributed by atoms with Gasteiger partial charge in [0.1, 0.15) is 0 Å². The van der Waals surface area contributed by atoms with Crippen molar-refractivity contribution in [3.63, 3.8) is 0 Å². The molecule has 0 spiro atoms. The van der Waals surface area contributed by atoms with Crippen LogP contribution in [0.5, 0.6) is 0 Å². The van der Waals surface area contributed by atoms with Gasteiger partial charge in [0.2, 0.25) is 11.8 Å². The summed E-state index contributed by atoms with van der Waals surface area (Å²) >= 11 is 1.51. The van der Waals surface area contributed by atoms with Crippen molar-refractivity contribution < 1.29 is 9.59 Å². The summed E-state index contributed by atoms with van der Waals surface area (Å²) in [6.07, 6.45) is 4.20. The SMILES string of the molecule is CC(=O)Nc1ccc(SC(C)C(=O)NC2(CN)CCCC2)cc1. The van der Waals surface area contributed by atoms with Crippen LogP contribution in [0.3, 0.4) is 0 Å². The molecule has 2 amide bonds. The minimum atomic E-state index is -0.207. The second kappa shape index (κ2) is 7.84. The summed E-state index contributed by atoms with van der Waals surface area (Å²) in [5.41, 5.74) is 6.42. The summed E-state index contributed by atoms with van der Waals surface area (Å²) in [6, 6.07) is 7.50. The third-order valence-corrected chi connectivity index (χ3v) is 5.31. The largest absolute Gasteiger partial charge is 0.348 e. The van der Waals surface area contributed by atoms with E-state index in [1.807, 2.05) is 31.2 Å². The van der Waals surface area contributed by atoms with Crippen molar-refractivity contribution in [2.75, 3.05) is 11.9 Å². The Morgan fingerprint density at radius 2 is 1.87 bits per heavy atom. The fourth-order valence-electron chi connectivity index (χ4n) is 2.87. The molecule has 0 saturated heterocycles. The smallest absolute Gasteiger partial charge is 0.233 e. The zero-order valence-electron chi connectivity index (χ0n) is 13.7. The molecule has 0 bridgehead atoms. The van der Waals surface area contributed by atoms with Gasteiger partial charge in [-0.25, -0.2) is 0 Å². The number of amides is 2. The molecule has 1 unspecified atom stereocenters. The number of hydrogen-bond acceptors (Lipinski definition) is 4. The van der Waals surface area contributed by atoms with E-state index in [0.29, 0.717) is 6.54 Å². The number of anilines is 1. The van der Waals surface area contributed by atoms with E-state index in [9.17, 15) is 9.59 Å². The Morgan fingerprint density at radius 3 is 2.39 bits per heavy atom. The fourth-order valence-corrected chi connectivity index (χ4v) is 3.74. The topological polar surface area (TPSA) is 84.2 Å². The van der Waals surface area contributed by atoms with Crippen molar-refractivity contribution in [2.24, 2.45) is 5.73 Å². The predicted octanol–water partition coefficient (Wildman–Crippen LogP) is 2.51. The van der Waals surface area contributed by atoms with Gasteiger partial charge >= 0.3 is 0 Å².